The summed E-state index contributed by atoms with van der Waals surface area (Å²) in [6.45, 7) is 8.72. The molecular weight excluding hydrogens is 246 g/mol. The van der Waals surface area contributed by atoms with Gasteiger partial charge in [0.2, 0.25) is 5.91 Å². The summed E-state index contributed by atoms with van der Waals surface area (Å²) in [6, 6.07) is 8.75. The van der Waals surface area contributed by atoms with Gasteiger partial charge in [0.05, 0.1) is 0 Å². The lowest BCUT2D eigenvalue weighted by Gasteiger charge is -2.20. The maximum atomic E-state index is 12.1. The van der Waals surface area contributed by atoms with Crippen molar-refractivity contribution in [3.63, 3.8) is 0 Å². The van der Waals surface area contributed by atoms with Gasteiger partial charge in [0.1, 0.15) is 0 Å². The van der Waals surface area contributed by atoms with Crippen LogP contribution in [-0.4, -0.2) is 23.9 Å². The van der Waals surface area contributed by atoms with E-state index in [4.69, 9.17) is 0 Å². The van der Waals surface area contributed by atoms with Gasteiger partial charge in [-0.05, 0) is 41.2 Å². The van der Waals surface area contributed by atoms with Crippen molar-refractivity contribution in [2.45, 2.75) is 45.4 Å². The lowest BCUT2D eigenvalue weighted by Crippen LogP contribution is -2.30. The predicted octanol–water partition coefficient (Wildman–Crippen LogP) is 3.40. The molecule has 108 valence electrons. The zero-order chi connectivity index (χ0) is 14.3. The lowest BCUT2D eigenvalue weighted by molar-refractivity contribution is -0.130. The quantitative estimate of drug-likeness (QED) is 0.825. The molecule has 2 nitrogen and oxygen atoms in total. The van der Waals surface area contributed by atoms with Crippen molar-refractivity contribution in [3.05, 3.63) is 35.4 Å². The van der Waals surface area contributed by atoms with Gasteiger partial charge >= 0.3 is 0 Å². The average molecular weight is 271 g/mol. The number of amides is 1. The number of piperidine rings is 1. The summed E-state index contributed by atoms with van der Waals surface area (Å²) < 4.78 is 0. The minimum absolute atomic E-state index is 0.199. The van der Waals surface area contributed by atoms with Gasteiger partial charge in [-0.25, -0.2) is 0 Å². The van der Waals surface area contributed by atoms with E-state index in [1.54, 1.807) is 0 Å². The van der Waals surface area contributed by atoms with Gasteiger partial charge in [0, 0.05) is 19.5 Å². The van der Waals surface area contributed by atoms with E-state index in [1.165, 1.54) is 17.5 Å². The highest BCUT2D eigenvalue weighted by atomic mass is 16.2. The third-order valence-corrected chi connectivity index (χ3v) is 4.78. The molecule has 0 N–H and O–H groups in total. The van der Waals surface area contributed by atoms with Gasteiger partial charge in [0.25, 0.3) is 0 Å². The maximum Gasteiger partial charge on any atom is 0.222 e. The van der Waals surface area contributed by atoms with Crippen LogP contribution in [0, 0.1) is 11.8 Å². The Morgan fingerprint density at radius 3 is 2.30 bits per heavy atom. The number of hydrogen-bond acceptors (Lipinski definition) is 1. The number of nitrogens with zero attached hydrogens (tertiary/aromatic N) is 1. The molecule has 2 fully saturated rings. The molecule has 1 saturated carbocycles. The zero-order valence-electron chi connectivity index (χ0n) is 12.9. The molecule has 1 aromatic rings. The number of benzene rings is 1. The van der Waals surface area contributed by atoms with E-state index in [-0.39, 0.29) is 5.41 Å². The molecule has 3 rings (SSSR count). The monoisotopic (exact) mass is 271 g/mol. The summed E-state index contributed by atoms with van der Waals surface area (Å²) in [7, 11) is 0. The molecule has 1 aromatic carbocycles. The van der Waals surface area contributed by atoms with Crippen LogP contribution in [0.5, 0.6) is 0 Å². The first-order chi connectivity index (χ1) is 9.43. The van der Waals surface area contributed by atoms with Crippen LogP contribution in [0.4, 0.5) is 0 Å². The van der Waals surface area contributed by atoms with Crippen molar-refractivity contribution in [2.24, 2.45) is 11.8 Å². The Kier molecular flexibility index (Phi) is 3.35. The van der Waals surface area contributed by atoms with E-state index in [1.807, 2.05) is 0 Å². The number of aryl methyl sites for hydroxylation is 1. The Morgan fingerprint density at radius 1 is 1.15 bits per heavy atom. The smallest absolute Gasteiger partial charge is 0.222 e. The molecule has 0 bridgehead atoms. The van der Waals surface area contributed by atoms with Crippen LogP contribution in [0.3, 0.4) is 0 Å². The van der Waals surface area contributed by atoms with Crippen molar-refractivity contribution in [2.75, 3.05) is 13.1 Å². The third-order valence-electron chi connectivity index (χ3n) is 4.78. The van der Waals surface area contributed by atoms with Crippen LogP contribution in [0.15, 0.2) is 24.3 Å². The van der Waals surface area contributed by atoms with Crippen molar-refractivity contribution in [3.8, 4) is 0 Å². The van der Waals surface area contributed by atoms with E-state index in [2.05, 4.69) is 49.9 Å². The van der Waals surface area contributed by atoms with Crippen molar-refractivity contribution in [1.82, 2.24) is 4.90 Å². The highest BCUT2D eigenvalue weighted by Crippen LogP contribution is 2.44. The van der Waals surface area contributed by atoms with Gasteiger partial charge in [0.15, 0.2) is 0 Å². The molecule has 0 radical (unpaired) electrons. The summed E-state index contributed by atoms with van der Waals surface area (Å²) in [5.41, 5.74) is 2.83. The molecular formula is C18H25NO. The average Bonchev–Trinajstić information content (AvgIpc) is 3.02. The van der Waals surface area contributed by atoms with Crippen molar-refractivity contribution in [1.29, 1.82) is 0 Å². The molecule has 2 atom stereocenters. The largest absolute Gasteiger partial charge is 0.342 e. The number of carbonyl (C=O) groups is 1. The van der Waals surface area contributed by atoms with Crippen LogP contribution in [0.2, 0.25) is 0 Å². The highest BCUT2D eigenvalue weighted by Gasteiger charge is 2.46. The number of rotatable bonds is 3. The van der Waals surface area contributed by atoms with Gasteiger partial charge in [-0.15, -0.1) is 0 Å². The second-order valence-corrected chi connectivity index (χ2v) is 7.50. The van der Waals surface area contributed by atoms with Crippen molar-refractivity contribution >= 4 is 5.91 Å². The van der Waals surface area contributed by atoms with E-state index >= 15 is 0 Å². The molecule has 2 aliphatic rings. The molecule has 1 aliphatic heterocycles. The standard InChI is InChI=1S/C18H25NO/c1-18(2,3)16-7-4-13(5-8-16)6-9-17(20)19-11-14-10-15(14)12-19/h4-5,7-8,14-15H,6,9-12H2,1-3H3. The zero-order valence-corrected chi connectivity index (χ0v) is 12.9. The van der Waals surface area contributed by atoms with Crippen LogP contribution in [0.25, 0.3) is 0 Å². The number of fused-ring (bicyclic) bond motifs is 1. The summed E-state index contributed by atoms with van der Waals surface area (Å²) in [5.74, 6) is 2.02. The molecule has 0 aromatic heterocycles. The van der Waals surface area contributed by atoms with Crippen molar-refractivity contribution < 1.29 is 4.79 Å². The molecule has 1 aliphatic carbocycles. The van der Waals surface area contributed by atoms with Gasteiger partial charge < -0.3 is 4.90 Å². The first-order valence-electron chi connectivity index (χ1n) is 7.80. The third kappa shape index (κ3) is 2.89. The minimum atomic E-state index is 0.199. The first-order valence-corrected chi connectivity index (χ1v) is 7.80. The number of carbonyl (C=O) groups excluding carboxylic acids is 1. The molecule has 0 spiro atoms. The Balaban J connectivity index is 1.52. The predicted molar refractivity (Wildman–Crippen MR) is 81.6 cm³/mol. The van der Waals surface area contributed by atoms with Gasteiger partial charge in [-0.1, -0.05) is 45.0 Å². The second kappa shape index (κ2) is 4.91. The summed E-state index contributed by atoms with van der Waals surface area (Å²) in [5, 5.41) is 0. The van der Waals surface area contributed by atoms with E-state index in [0.717, 1.165) is 31.3 Å². The lowest BCUT2D eigenvalue weighted by atomic mass is 9.86. The van der Waals surface area contributed by atoms with E-state index in [9.17, 15) is 4.79 Å². The Hall–Kier alpha value is -1.31. The fourth-order valence-electron chi connectivity index (χ4n) is 3.18. The van der Waals surface area contributed by atoms with E-state index in [0.29, 0.717) is 12.3 Å². The Morgan fingerprint density at radius 2 is 1.75 bits per heavy atom. The van der Waals surface area contributed by atoms with Crippen LogP contribution >= 0.6 is 0 Å². The molecule has 2 heteroatoms. The topological polar surface area (TPSA) is 20.3 Å². The Bertz CT molecular complexity index is 487. The Labute approximate surface area is 122 Å². The van der Waals surface area contributed by atoms with E-state index < -0.39 is 0 Å². The highest BCUT2D eigenvalue weighted by molar-refractivity contribution is 5.77. The van der Waals surface area contributed by atoms with Crippen LogP contribution in [0.1, 0.15) is 44.7 Å². The summed E-state index contributed by atoms with van der Waals surface area (Å²) >= 11 is 0. The first kappa shape index (κ1) is 13.7. The fourth-order valence-corrected chi connectivity index (χ4v) is 3.18. The molecule has 1 saturated heterocycles. The maximum absolute atomic E-state index is 12.1. The fraction of sp³-hybridized carbons (Fsp3) is 0.611. The SMILES string of the molecule is CC(C)(C)c1ccc(CCC(=O)N2CC3CC3C2)cc1. The van der Waals surface area contributed by atoms with Gasteiger partial charge in [-0.3, -0.25) is 4.79 Å². The van der Waals surface area contributed by atoms with Crippen LogP contribution < -0.4 is 0 Å². The minimum Gasteiger partial charge on any atom is -0.342 e. The second-order valence-electron chi connectivity index (χ2n) is 7.50. The van der Waals surface area contributed by atoms with Gasteiger partial charge in [-0.2, -0.15) is 0 Å². The molecule has 2 unspecified atom stereocenters. The molecule has 20 heavy (non-hydrogen) atoms. The molecule has 1 amide bonds. The summed E-state index contributed by atoms with van der Waals surface area (Å²) in [6.07, 6.45) is 2.89. The summed E-state index contributed by atoms with van der Waals surface area (Å²) in [4.78, 5) is 14.2. The molecule has 1 heterocycles. The normalized spacial score (nSPS) is 24.6. The number of hydrogen-bond donors (Lipinski definition) is 0. The van der Waals surface area contributed by atoms with Crippen LogP contribution in [-0.2, 0) is 16.6 Å². The number of likely N-dealkylation sites (tertiary alicyclic amines) is 1.